The third-order valence-corrected chi connectivity index (χ3v) is 4.62. The molecule has 0 aromatic heterocycles. The van der Waals surface area contributed by atoms with Crippen LogP contribution < -0.4 is 5.32 Å². The first-order valence-corrected chi connectivity index (χ1v) is 7.95. The number of carbonyl (C=O) groups is 2. The van der Waals surface area contributed by atoms with E-state index in [1.54, 1.807) is 12.1 Å². The van der Waals surface area contributed by atoms with Crippen molar-refractivity contribution in [3.8, 4) is 0 Å². The van der Waals surface area contributed by atoms with Crippen LogP contribution in [0.4, 0.5) is 8.78 Å². The largest absolute Gasteiger partial charge is 0.481 e. The molecule has 3 rings (SSSR count). The number of benzene rings is 2. The van der Waals surface area contributed by atoms with Gasteiger partial charge in [-0.3, -0.25) is 9.59 Å². The first kappa shape index (κ1) is 17.1. The number of amides is 1. The molecule has 25 heavy (non-hydrogen) atoms. The highest BCUT2D eigenvalue weighted by Crippen LogP contribution is 2.48. The van der Waals surface area contributed by atoms with E-state index < -0.39 is 23.1 Å². The van der Waals surface area contributed by atoms with Gasteiger partial charge in [-0.2, -0.15) is 0 Å². The maximum Gasteiger partial charge on any atom is 0.312 e. The zero-order valence-electron chi connectivity index (χ0n) is 13.3. The molecule has 0 heterocycles. The van der Waals surface area contributed by atoms with Crippen molar-refractivity contribution in [2.24, 2.45) is 0 Å². The lowest BCUT2D eigenvalue weighted by Crippen LogP contribution is -2.38. The number of carboxylic acid groups (broad SMARTS) is 1. The molecule has 0 radical (unpaired) electrons. The maximum atomic E-state index is 13.1. The lowest BCUT2D eigenvalue weighted by molar-refractivity contribution is -0.138. The molecule has 6 heteroatoms. The molecule has 4 nitrogen and oxygen atoms in total. The van der Waals surface area contributed by atoms with Gasteiger partial charge in [0.25, 0.3) is 0 Å². The Kier molecular flexibility index (Phi) is 4.53. The van der Waals surface area contributed by atoms with E-state index in [-0.39, 0.29) is 18.3 Å². The van der Waals surface area contributed by atoms with E-state index >= 15 is 0 Å². The van der Waals surface area contributed by atoms with Crippen LogP contribution in [-0.2, 0) is 15.0 Å². The van der Waals surface area contributed by atoms with Crippen LogP contribution in [0.25, 0.3) is 0 Å². The summed E-state index contributed by atoms with van der Waals surface area (Å²) in [4.78, 5) is 24.1. The predicted molar refractivity (Wildman–Crippen MR) is 87.1 cm³/mol. The molecule has 1 aliphatic carbocycles. The van der Waals surface area contributed by atoms with Crippen LogP contribution in [-0.4, -0.2) is 23.5 Å². The van der Waals surface area contributed by atoms with E-state index in [0.29, 0.717) is 18.4 Å². The minimum Gasteiger partial charge on any atom is -0.481 e. The van der Waals surface area contributed by atoms with Crippen molar-refractivity contribution in [2.45, 2.75) is 24.2 Å². The molecule has 130 valence electrons. The summed E-state index contributed by atoms with van der Waals surface area (Å²) in [5.41, 5.74) is 0.431. The summed E-state index contributed by atoms with van der Waals surface area (Å²) in [7, 11) is 0. The van der Waals surface area contributed by atoms with Crippen molar-refractivity contribution >= 4 is 11.9 Å². The smallest absolute Gasteiger partial charge is 0.312 e. The van der Waals surface area contributed by atoms with Crippen LogP contribution in [0.5, 0.6) is 0 Å². The molecule has 1 amide bonds. The Morgan fingerprint density at radius 3 is 2.00 bits per heavy atom. The van der Waals surface area contributed by atoms with Crippen molar-refractivity contribution in [3.05, 3.63) is 71.3 Å². The topological polar surface area (TPSA) is 66.4 Å². The van der Waals surface area contributed by atoms with Gasteiger partial charge in [0.05, 0.1) is 11.3 Å². The number of hydrogen-bond donors (Lipinski definition) is 2. The van der Waals surface area contributed by atoms with Crippen LogP contribution in [0.3, 0.4) is 0 Å². The van der Waals surface area contributed by atoms with Crippen LogP contribution in [0.15, 0.2) is 48.5 Å². The van der Waals surface area contributed by atoms with Crippen LogP contribution in [0, 0.1) is 11.6 Å². The molecule has 1 atom stereocenters. The highest BCUT2D eigenvalue weighted by atomic mass is 19.1. The summed E-state index contributed by atoms with van der Waals surface area (Å²) in [6, 6.07) is 10.9. The fourth-order valence-corrected chi connectivity index (χ4v) is 2.95. The molecule has 0 spiro atoms. The number of carboxylic acids is 1. The van der Waals surface area contributed by atoms with Gasteiger partial charge >= 0.3 is 5.97 Å². The summed E-state index contributed by atoms with van der Waals surface area (Å²) in [5, 5.41) is 12.1. The Bertz CT molecular complexity index is 783. The van der Waals surface area contributed by atoms with Gasteiger partial charge in [0.1, 0.15) is 11.6 Å². The third kappa shape index (κ3) is 3.52. The van der Waals surface area contributed by atoms with Gasteiger partial charge in [0.2, 0.25) is 5.91 Å². The Morgan fingerprint density at radius 2 is 1.52 bits per heavy atom. The monoisotopic (exact) mass is 345 g/mol. The molecule has 2 N–H and O–H groups in total. The fraction of sp³-hybridized carbons (Fsp3) is 0.263. The first-order chi connectivity index (χ1) is 11.9. The van der Waals surface area contributed by atoms with E-state index in [4.69, 9.17) is 0 Å². The number of aliphatic carboxylic acids is 1. The Labute approximate surface area is 143 Å². The SMILES string of the molecule is O=C(O)C(CNC(=O)C1(c2ccc(F)cc2)CC1)c1ccc(F)cc1. The Morgan fingerprint density at radius 1 is 1.00 bits per heavy atom. The molecule has 0 saturated heterocycles. The minimum atomic E-state index is -1.10. The summed E-state index contributed by atoms with van der Waals surface area (Å²) >= 11 is 0. The third-order valence-electron chi connectivity index (χ3n) is 4.62. The van der Waals surface area contributed by atoms with E-state index in [0.717, 1.165) is 5.56 Å². The molecular formula is C19H17F2NO3. The van der Waals surface area contributed by atoms with Crippen molar-refractivity contribution in [1.82, 2.24) is 5.32 Å². The predicted octanol–water partition coefficient (Wildman–Crippen LogP) is 2.98. The average Bonchev–Trinajstić information content (AvgIpc) is 3.39. The van der Waals surface area contributed by atoms with E-state index in [1.807, 2.05) is 0 Å². The summed E-state index contributed by atoms with van der Waals surface area (Å²) < 4.78 is 26.1. The second kappa shape index (κ2) is 6.63. The molecule has 2 aromatic carbocycles. The summed E-state index contributed by atoms with van der Waals surface area (Å²) in [5.74, 6) is -3.16. The van der Waals surface area contributed by atoms with E-state index in [1.165, 1.54) is 36.4 Å². The highest BCUT2D eigenvalue weighted by molar-refractivity contribution is 5.91. The molecule has 1 fully saturated rings. The van der Waals surface area contributed by atoms with E-state index in [9.17, 15) is 23.5 Å². The van der Waals surface area contributed by atoms with Gasteiger partial charge in [-0.15, -0.1) is 0 Å². The number of hydrogen-bond acceptors (Lipinski definition) is 2. The summed E-state index contributed by atoms with van der Waals surface area (Å²) in [6.07, 6.45) is 1.28. The minimum absolute atomic E-state index is 0.0945. The molecule has 1 aliphatic rings. The van der Waals surface area contributed by atoms with Gasteiger partial charge in [-0.1, -0.05) is 24.3 Å². The van der Waals surface area contributed by atoms with Gasteiger partial charge in [-0.25, -0.2) is 8.78 Å². The molecular weight excluding hydrogens is 328 g/mol. The lowest BCUT2D eigenvalue weighted by atomic mass is 9.94. The molecule has 1 unspecified atom stereocenters. The van der Waals surface area contributed by atoms with Crippen molar-refractivity contribution in [1.29, 1.82) is 0 Å². The normalized spacial score (nSPS) is 16.1. The zero-order chi connectivity index (χ0) is 18.0. The van der Waals surface area contributed by atoms with Gasteiger partial charge < -0.3 is 10.4 Å². The van der Waals surface area contributed by atoms with Crippen molar-refractivity contribution < 1.29 is 23.5 Å². The van der Waals surface area contributed by atoms with Crippen molar-refractivity contribution in [3.63, 3.8) is 0 Å². The van der Waals surface area contributed by atoms with Gasteiger partial charge in [0.15, 0.2) is 0 Å². The zero-order valence-corrected chi connectivity index (χ0v) is 13.3. The number of halogens is 2. The molecule has 0 bridgehead atoms. The summed E-state index contributed by atoms with van der Waals surface area (Å²) in [6.45, 7) is -0.0945. The number of rotatable bonds is 6. The quantitative estimate of drug-likeness (QED) is 0.846. The second-order valence-corrected chi connectivity index (χ2v) is 6.24. The lowest BCUT2D eigenvalue weighted by Gasteiger charge is -2.19. The van der Waals surface area contributed by atoms with Gasteiger partial charge in [-0.05, 0) is 48.2 Å². The number of nitrogens with one attached hydrogen (secondary N) is 1. The van der Waals surface area contributed by atoms with Crippen LogP contribution >= 0.6 is 0 Å². The van der Waals surface area contributed by atoms with Gasteiger partial charge in [0, 0.05) is 6.54 Å². The van der Waals surface area contributed by atoms with Crippen LogP contribution in [0.1, 0.15) is 29.9 Å². The molecule has 1 saturated carbocycles. The van der Waals surface area contributed by atoms with Crippen molar-refractivity contribution in [2.75, 3.05) is 6.54 Å². The standard InChI is InChI=1S/C19H17F2NO3/c20-14-5-1-12(2-6-14)16(17(23)24)11-22-18(25)19(9-10-19)13-3-7-15(21)8-4-13/h1-8,16H,9-11H2,(H,22,25)(H,23,24). The fourth-order valence-electron chi connectivity index (χ4n) is 2.95. The van der Waals surface area contributed by atoms with E-state index in [2.05, 4.69) is 5.32 Å². The Hall–Kier alpha value is -2.76. The highest BCUT2D eigenvalue weighted by Gasteiger charge is 2.51. The molecule has 2 aromatic rings. The first-order valence-electron chi connectivity index (χ1n) is 7.95. The average molecular weight is 345 g/mol. The number of carbonyl (C=O) groups excluding carboxylic acids is 1. The Balaban J connectivity index is 1.70. The van der Waals surface area contributed by atoms with Crippen LogP contribution in [0.2, 0.25) is 0 Å². The second-order valence-electron chi connectivity index (χ2n) is 6.24. The molecule has 0 aliphatic heterocycles. The maximum absolute atomic E-state index is 13.1.